The summed E-state index contributed by atoms with van der Waals surface area (Å²) >= 11 is 5.56. The van der Waals surface area contributed by atoms with Crippen LogP contribution in [0, 0.1) is 10.1 Å². The van der Waals surface area contributed by atoms with Crippen LogP contribution in [0.25, 0.3) is 0 Å². The summed E-state index contributed by atoms with van der Waals surface area (Å²) in [6.45, 7) is 2.97. The molecule has 106 valence electrons. The fourth-order valence-corrected chi connectivity index (χ4v) is 1.51. The van der Waals surface area contributed by atoms with Crippen LogP contribution in [0.5, 0.6) is 0 Å². The first kappa shape index (κ1) is 15.6. The van der Waals surface area contributed by atoms with E-state index in [1.54, 1.807) is 0 Å². The van der Waals surface area contributed by atoms with Crippen molar-refractivity contribution < 1.29 is 13.3 Å². The minimum atomic E-state index is -3.32. The molecule has 1 heterocycles. The molecule has 0 aliphatic carbocycles. The van der Waals surface area contributed by atoms with Crippen LogP contribution in [0.1, 0.15) is 13.8 Å². The highest BCUT2D eigenvalue weighted by molar-refractivity contribution is 7.92. The SMILES string of the molecule is CC(C)(CNc1nc(Cl)ncc1[N+](=O)[O-])S(C)(=O)=O. The lowest BCUT2D eigenvalue weighted by Crippen LogP contribution is -2.38. The molecule has 8 nitrogen and oxygen atoms in total. The number of halogens is 1. The van der Waals surface area contributed by atoms with E-state index >= 15 is 0 Å². The minimum Gasteiger partial charge on any atom is -0.363 e. The minimum absolute atomic E-state index is 0.0417. The van der Waals surface area contributed by atoms with Gasteiger partial charge in [0, 0.05) is 12.8 Å². The highest BCUT2D eigenvalue weighted by Crippen LogP contribution is 2.24. The Labute approximate surface area is 115 Å². The van der Waals surface area contributed by atoms with Crippen LogP contribution in [0.3, 0.4) is 0 Å². The summed E-state index contributed by atoms with van der Waals surface area (Å²) in [5, 5.41) is 13.2. The van der Waals surface area contributed by atoms with Crippen LogP contribution in [-0.4, -0.2) is 40.9 Å². The van der Waals surface area contributed by atoms with Gasteiger partial charge in [0.15, 0.2) is 9.84 Å². The topological polar surface area (TPSA) is 115 Å². The average molecular weight is 309 g/mol. The maximum Gasteiger partial charge on any atom is 0.329 e. The summed E-state index contributed by atoms with van der Waals surface area (Å²) in [6, 6.07) is 0. The van der Waals surface area contributed by atoms with Gasteiger partial charge >= 0.3 is 5.69 Å². The Morgan fingerprint density at radius 1 is 1.53 bits per heavy atom. The second-order valence-electron chi connectivity index (χ2n) is 4.52. The third kappa shape index (κ3) is 3.74. The quantitative estimate of drug-likeness (QED) is 0.494. The predicted molar refractivity (Wildman–Crippen MR) is 71.1 cm³/mol. The molecule has 0 atom stereocenters. The summed E-state index contributed by atoms with van der Waals surface area (Å²) in [5.41, 5.74) is -0.367. The molecule has 1 rings (SSSR count). The van der Waals surface area contributed by atoms with Gasteiger partial charge in [0.1, 0.15) is 6.20 Å². The second kappa shape index (κ2) is 5.25. The van der Waals surface area contributed by atoms with Gasteiger partial charge in [0.25, 0.3) is 0 Å². The lowest BCUT2D eigenvalue weighted by molar-refractivity contribution is -0.384. The Kier molecular flexibility index (Phi) is 4.31. The molecule has 0 unspecified atom stereocenters. The van der Waals surface area contributed by atoms with E-state index in [1.165, 1.54) is 13.8 Å². The molecule has 0 aliphatic rings. The van der Waals surface area contributed by atoms with Crippen LogP contribution in [0.2, 0.25) is 5.28 Å². The highest BCUT2D eigenvalue weighted by Gasteiger charge is 2.31. The number of anilines is 1. The smallest absolute Gasteiger partial charge is 0.329 e. The molecule has 1 N–H and O–H groups in total. The van der Waals surface area contributed by atoms with Crippen LogP contribution >= 0.6 is 11.6 Å². The number of hydrogen-bond acceptors (Lipinski definition) is 7. The molecule has 0 spiro atoms. The Hall–Kier alpha value is -1.48. The largest absolute Gasteiger partial charge is 0.363 e. The molecule has 10 heteroatoms. The van der Waals surface area contributed by atoms with Crippen LogP contribution in [0.4, 0.5) is 11.5 Å². The number of hydrogen-bond donors (Lipinski definition) is 1. The first-order chi connectivity index (χ1) is 8.54. The first-order valence-electron chi connectivity index (χ1n) is 5.15. The number of nitrogens with zero attached hydrogens (tertiary/aromatic N) is 3. The number of nitrogens with one attached hydrogen (secondary N) is 1. The van der Waals surface area contributed by atoms with E-state index in [1.807, 2.05) is 0 Å². The van der Waals surface area contributed by atoms with Crippen LogP contribution < -0.4 is 5.32 Å². The van der Waals surface area contributed by atoms with E-state index in [-0.39, 0.29) is 23.3 Å². The Morgan fingerprint density at radius 3 is 2.58 bits per heavy atom. The fourth-order valence-electron chi connectivity index (χ4n) is 1.05. The molecule has 0 saturated heterocycles. The zero-order valence-electron chi connectivity index (χ0n) is 10.5. The van der Waals surface area contributed by atoms with Crippen molar-refractivity contribution in [3.63, 3.8) is 0 Å². The third-order valence-electron chi connectivity index (χ3n) is 2.62. The zero-order chi connectivity index (χ0) is 14.8. The number of rotatable bonds is 5. The van der Waals surface area contributed by atoms with Crippen molar-refractivity contribution in [3.05, 3.63) is 21.6 Å². The van der Waals surface area contributed by atoms with Gasteiger partial charge in [-0.15, -0.1) is 0 Å². The monoisotopic (exact) mass is 308 g/mol. The van der Waals surface area contributed by atoms with Crippen molar-refractivity contribution in [1.82, 2.24) is 9.97 Å². The molecular weight excluding hydrogens is 296 g/mol. The molecular formula is C9H13ClN4O4S. The van der Waals surface area contributed by atoms with E-state index in [9.17, 15) is 18.5 Å². The summed E-state index contributed by atoms with van der Waals surface area (Å²) in [7, 11) is -3.32. The molecule has 0 radical (unpaired) electrons. The van der Waals surface area contributed by atoms with Gasteiger partial charge in [-0.2, -0.15) is 4.98 Å². The van der Waals surface area contributed by atoms with Crippen LogP contribution in [0.15, 0.2) is 6.20 Å². The molecule has 1 aromatic rings. The Morgan fingerprint density at radius 2 is 2.11 bits per heavy atom. The van der Waals surface area contributed by atoms with Crippen molar-refractivity contribution in [2.45, 2.75) is 18.6 Å². The van der Waals surface area contributed by atoms with Gasteiger partial charge in [-0.1, -0.05) is 0 Å². The summed E-state index contributed by atoms with van der Waals surface area (Å²) in [5.74, 6) is -0.110. The number of aromatic nitrogens is 2. The highest BCUT2D eigenvalue weighted by atomic mass is 35.5. The molecule has 19 heavy (non-hydrogen) atoms. The molecule has 0 fully saturated rings. The van der Waals surface area contributed by atoms with Gasteiger partial charge in [0.05, 0.1) is 9.67 Å². The van der Waals surface area contributed by atoms with Gasteiger partial charge in [-0.3, -0.25) is 10.1 Å². The van der Waals surface area contributed by atoms with Crippen molar-refractivity contribution in [3.8, 4) is 0 Å². The molecule has 0 saturated carbocycles. The number of nitro groups is 1. The molecule has 1 aromatic heterocycles. The summed E-state index contributed by atoms with van der Waals surface area (Å²) in [4.78, 5) is 17.3. The molecule has 0 bridgehead atoms. The lowest BCUT2D eigenvalue weighted by atomic mass is 10.2. The van der Waals surface area contributed by atoms with E-state index in [0.717, 1.165) is 12.5 Å². The average Bonchev–Trinajstić information content (AvgIpc) is 2.24. The van der Waals surface area contributed by atoms with E-state index in [4.69, 9.17) is 11.6 Å². The number of sulfone groups is 1. The van der Waals surface area contributed by atoms with E-state index in [2.05, 4.69) is 15.3 Å². The lowest BCUT2D eigenvalue weighted by Gasteiger charge is -2.22. The maximum absolute atomic E-state index is 11.5. The van der Waals surface area contributed by atoms with Crippen molar-refractivity contribution >= 4 is 32.9 Å². The predicted octanol–water partition coefficient (Wildman–Crippen LogP) is 1.27. The summed E-state index contributed by atoms with van der Waals surface area (Å²) < 4.78 is 22.0. The van der Waals surface area contributed by atoms with Gasteiger partial charge in [0.2, 0.25) is 11.1 Å². The normalized spacial score (nSPS) is 12.2. The standard InChI is InChI=1S/C9H13ClN4O4S/c1-9(2,19(3,17)18)5-12-7-6(14(15)16)4-11-8(10)13-7/h4H,5H2,1-3H3,(H,11,12,13). The zero-order valence-corrected chi connectivity index (χ0v) is 12.1. The van der Waals surface area contributed by atoms with Crippen molar-refractivity contribution in [2.75, 3.05) is 18.1 Å². The van der Waals surface area contributed by atoms with Gasteiger partial charge in [-0.05, 0) is 25.4 Å². The molecule has 0 aliphatic heterocycles. The van der Waals surface area contributed by atoms with Crippen LogP contribution in [-0.2, 0) is 9.84 Å². The van der Waals surface area contributed by atoms with Crippen molar-refractivity contribution in [2.24, 2.45) is 0 Å². The van der Waals surface area contributed by atoms with Crippen molar-refractivity contribution in [1.29, 1.82) is 0 Å². The molecule has 0 amide bonds. The second-order valence-corrected chi connectivity index (χ2v) is 7.50. The summed E-state index contributed by atoms with van der Waals surface area (Å²) in [6.07, 6.45) is 2.06. The van der Waals surface area contributed by atoms with Gasteiger partial charge in [-0.25, -0.2) is 13.4 Å². The fraction of sp³-hybridized carbons (Fsp3) is 0.556. The van der Waals surface area contributed by atoms with E-state index < -0.39 is 19.5 Å². The van der Waals surface area contributed by atoms with Gasteiger partial charge < -0.3 is 5.32 Å². The first-order valence-corrected chi connectivity index (χ1v) is 7.42. The third-order valence-corrected chi connectivity index (χ3v) is 4.96. The Balaban J connectivity index is 3.01. The van der Waals surface area contributed by atoms with E-state index in [0.29, 0.717) is 0 Å². The molecule has 0 aromatic carbocycles. The Bertz CT molecular complexity index is 602. The maximum atomic E-state index is 11.5.